The Labute approximate surface area is 104 Å². The van der Waals surface area contributed by atoms with Crippen LogP contribution in [-0.4, -0.2) is 0 Å². The van der Waals surface area contributed by atoms with Crippen LogP contribution in [0, 0.1) is 34.6 Å². The standard InChI is InChI=1S/C16H20N/c1-11-6-7-13(3)16(10-11)17-14(4)8-12(2)9-15(17)5/h6-10H,1-5H3/q+1. The molecule has 1 aromatic carbocycles. The van der Waals surface area contributed by atoms with E-state index in [4.69, 9.17) is 0 Å². The number of hydrogen-bond acceptors (Lipinski definition) is 0. The first kappa shape index (κ1) is 11.8. The molecule has 0 unspecified atom stereocenters. The predicted molar refractivity (Wildman–Crippen MR) is 71.7 cm³/mol. The molecule has 0 fully saturated rings. The van der Waals surface area contributed by atoms with E-state index in [-0.39, 0.29) is 0 Å². The van der Waals surface area contributed by atoms with E-state index in [2.05, 4.69) is 69.5 Å². The summed E-state index contributed by atoms with van der Waals surface area (Å²) in [4.78, 5) is 0. The third kappa shape index (κ3) is 2.23. The number of pyridine rings is 1. The molecule has 0 bridgehead atoms. The van der Waals surface area contributed by atoms with E-state index < -0.39 is 0 Å². The zero-order chi connectivity index (χ0) is 12.6. The van der Waals surface area contributed by atoms with Gasteiger partial charge in [-0.1, -0.05) is 12.1 Å². The smallest absolute Gasteiger partial charge is 0.162 e. The molecule has 0 amide bonds. The molecule has 2 aromatic rings. The lowest BCUT2D eigenvalue weighted by Crippen LogP contribution is -2.38. The van der Waals surface area contributed by atoms with Gasteiger partial charge in [-0.15, -0.1) is 0 Å². The third-order valence-corrected chi connectivity index (χ3v) is 3.18. The van der Waals surface area contributed by atoms with Gasteiger partial charge < -0.3 is 0 Å². The minimum atomic E-state index is 1.29. The number of rotatable bonds is 1. The van der Waals surface area contributed by atoms with E-state index >= 15 is 0 Å². The van der Waals surface area contributed by atoms with Gasteiger partial charge >= 0.3 is 0 Å². The van der Waals surface area contributed by atoms with Gasteiger partial charge in [0.2, 0.25) is 5.69 Å². The molecule has 88 valence electrons. The molecule has 0 atom stereocenters. The van der Waals surface area contributed by atoms with Crippen LogP contribution < -0.4 is 4.57 Å². The second-order valence-electron chi connectivity index (χ2n) is 4.94. The third-order valence-electron chi connectivity index (χ3n) is 3.18. The number of nitrogens with zero attached hydrogens (tertiary/aromatic N) is 1. The van der Waals surface area contributed by atoms with Crippen molar-refractivity contribution >= 4 is 0 Å². The quantitative estimate of drug-likeness (QED) is 0.655. The summed E-state index contributed by atoms with van der Waals surface area (Å²) in [6, 6.07) is 11.1. The van der Waals surface area contributed by atoms with Crippen LogP contribution in [0.1, 0.15) is 28.1 Å². The molecule has 0 spiro atoms. The fraction of sp³-hybridized carbons (Fsp3) is 0.312. The first-order chi connectivity index (χ1) is 7.99. The maximum Gasteiger partial charge on any atom is 0.214 e. The molecule has 1 heterocycles. The molecule has 0 saturated carbocycles. The first-order valence-corrected chi connectivity index (χ1v) is 6.06. The summed E-state index contributed by atoms with van der Waals surface area (Å²) in [6.45, 7) is 10.8. The van der Waals surface area contributed by atoms with Gasteiger partial charge in [-0.25, -0.2) is 0 Å². The number of aryl methyl sites for hydroxylation is 5. The first-order valence-electron chi connectivity index (χ1n) is 6.06. The highest BCUT2D eigenvalue weighted by Gasteiger charge is 2.17. The van der Waals surface area contributed by atoms with Crippen LogP contribution in [0.5, 0.6) is 0 Å². The highest BCUT2D eigenvalue weighted by molar-refractivity contribution is 5.37. The van der Waals surface area contributed by atoms with E-state index in [1.165, 1.54) is 33.8 Å². The van der Waals surface area contributed by atoms with E-state index in [0.717, 1.165) is 0 Å². The zero-order valence-corrected chi connectivity index (χ0v) is 11.3. The normalized spacial score (nSPS) is 10.6. The highest BCUT2D eigenvalue weighted by Crippen LogP contribution is 2.13. The lowest BCUT2D eigenvalue weighted by Gasteiger charge is -2.07. The summed E-state index contributed by atoms with van der Waals surface area (Å²) >= 11 is 0. The Morgan fingerprint density at radius 2 is 1.29 bits per heavy atom. The molecule has 1 aromatic heterocycles. The van der Waals surface area contributed by atoms with Crippen LogP contribution in [0.25, 0.3) is 5.69 Å². The minimum absolute atomic E-state index is 1.29. The van der Waals surface area contributed by atoms with Crippen LogP contribution in [0.4, 0.5) is 0 Å². The summed E-state index contributed by atoms with van der Waals surface area (Å²) in [7, 11) is 0. The second kappa shape index (κ2) is 4.33. The van der Waals surface area contributed by atoms with Gasteiger partial charge in [0, 0.05) is 37.6 Å². The molecular formula is C16H20N+. The van der Waals surface area contributed by atoms with Crippen molar-refractivity contribution in [1.82, 2.24) is 0 Å². The Morgan fingerprint density at radius 1 is 0.706 bits per heavy atom. The Hall–Kier alpha value is -1.63. The Bertz CT molecular complexity index is 545. The average Bonchev–Trinajstić information content (AvgIpc) is 2.21. The van der Waals surface area contributed by atoms with Crippen LogP contribution in [0.3, 0.4) is 0 Å². The summed E-state index contributed by atoms with van der Waals surface area (Å²) < 4.78 is 2.33. The Morgan fingerprint density at radius 3 is 1.88 bits per heavy atom. The van der Waals surface area contributed by atoms with Crippen molar-refractivity contribution in [2.45, 2.75) is 34.6 Å². The summed E-state index contributed by atoms with van der Waals surface area (Å²) in [5.41, 5.74) is 7.81. The maximum atomic E-state index is 2.33. The average molecular weight is 226 g/mol. The predicted octanol–water partition coefficient (Wildman–Crippen LogP) is 3.51. The molecule has 17 heavy (non-hydrogen) atoms. The molecular weight excluding hydrogens is 206 g/mol. The fourth-order valence-electron chi connectivity index (χ4n) is 2.45. The van der Waals surface area contributed by atoms with Crippen molar-refractivity contribution in [2.24, 2.45) is 0 Å². The topological polar surface area (TPSA) is 3.88 Å². The van der Waals surface area contributed by atoms with Crippen molar-refractivity contribution in [2.75, 3.05) is 0 Å². The van der Waals surface area contributed by atoms with Crippen molar-refractivity contribution < 1.29 is 4.57 Å². The maximum absolute atomic E-state index is 2.33. The SMILES string of the molecule is Cc1ccc(C)c(-[n+]2c(C)cc(C)cc2C)c1. The van der Waals surface area contributed by atoms with Crippen molar-refractivity contribution in [1.29, 1.82) is 0 Å². The van der Waals surface area contributed by atoms with Gasteiger partial charge in [0.25, 0.3) is 0 Å². The molecule has 0 radical (unpaired) electrons. The van der Waals surface area contributed by atoms with E-state index in [1.54, 1.807) is 0 Å². The lowest BCUT2D eigenvalue weighted by molar-refractivity contribution is -0.610. The molecule has 0 saturated heterocycles. The minimum Gasteiger partial charge on any atom is -0.162 e. The van der Waals surface area contributed by atoms with Crippen LogP contribution in [0.15, 0.2) is 30.3 Å². The monoisotopic (exact) mass is 226 g/mol. The van der Waals surface area contributed by atoms with Crippen LogP contribution in [-0.2, 0) is 0 Å². The molecule has 0 aliphatic carbocycles. The van der Waals surface area contributed by atoms with Gasteiger partial charge in [0.05, 0.1) is 0 Å². The summed E-state index contributed by atoms with van der Waals surface area (Å²) in [6.07, 6.45) is 0. The van der Waals surface area contributed by atoms with E-state index in [1.807, 2.05) is 0 Å². The molecule has 0 N–H and O–H groups in total. The largest absolute Gasteiger partial charge is 0.214 e. The lowest BCUT2D eigenvalue weighted by atomic mass is 10.1. The molecule has 0 aliphatic rings. The molecule has 0 aliphatic heterocycles. The van der Waals surface area contributed by atoms with Crippen molar-refractivity contribution in [3.63, 3.8) is 0 Å². The Kier molecular flexibility index (Phi) is 3.01. The van der Waals surface area contributed by atoms with Gasteiger partial charge in [0.15, 0.2) is 11.4 Å². The Balaban J connectivity index is 2.72. The molecule has 1 heteroatoms. The molecule has 2 rings (SSSR count). The fourth-order valence-corrected chi connectivity index (χ4v) is 2.45. The summed E-state index contributed by atoms with van der Waals surface area (Å²) in [5.74, 6) is 0. The van der Waals surface area contributed by atoms with Crippen LogP contribution >= 0.6 is 0 Å². The van der Waals surface area contributed by atoms with Gasteiger partial charge in [-0.3, -0.25) is 0 Å². The van der Waals surface area contributed by atoms with Crippen LogP contribution in [0.2, 0.25) is 0 Å². The van der Waals surface area contributed by atoms with Crippen molar-refractivity contribution in [3.8, 4) is 5.69 Å². The van der Waals surface area contributed by atoms with Gasteiger partial charge in [0.1, 0.15) is 0 Å². The zero-order valence-electron chi connectivity index (χ0n) is 11.3. The van der Waals surface area contributed by atoms with E-state index in [9.17, 15) is 0 Å². The van der Waals surface area contributed by atoms with Crippen molar-refractivity contribution in [3.05, 3.63) is 58.4 Å². The number of aromatic nitrogens is 1. The number of hydrogen-bond donors (Lipinski definition) is 0. The summed E-state index contributed by atoms with van der Waals surface area (Å²) in [5, 5.41) is 0. The van der Waals surface area contributed by atoms with Gasteiger partial charge in [-0.2, -0.15) is 4.57 Å². The second-order valence-corrected chi connectivity index (χ2v) is 4.94. The number of benzene rings is 1. The molecule has 1 nitrogen and oxygen atoms in total. The highest BCUT2D eigenvalue weighted by atomic mass is 15.0. The van der Waals surface area contributed by atoms with E-state index in [0.29, 0.717) is 0 Å². The van der Waals surface area contributed by atoms with Gasteiger partial charge in [-0.05, 0) is 31.9 Å².